The number of H-pyrrole nitrogens is 1. The molecule has 0 spiro atoms. The lowest BCUT2D eigenvalue weighted by Gasteiger charge is -2.16. The van der Waals surface area contributed by atoms with Crippen LogP contribution in [0.2, 0.25) is 5.02 Å². The molecule has 0 radical (unpaired) electrons. The van der Waals surface area contributed by atoms with Gasteiger partial charge >= 0.3 is 0 Å². The van der Waals surface area contributed by atoms with Crippen molar-refractivity contribution in [2.75, 3.05) is 17.9 Å². The number of hydrogen-bond acceptors (Lipinski definition) is 5. The van der Waals surface area contributed by atoms with E-state index in [4.69, 9.17) is 21.1 Å². The summed E-state index contributed by atoms with van der Waals surface area (Å²) >= 11 is 7.68. The Morgan fingerprint density at radius 1 is 1.32 bits per heavy atom. The number of thioether (sulfide) groups is 1. The second-order valence-electron chi connectivity index (χ2n) is 6.14. The number of carbonyl (C=O) groups is 1. The van der Waals surface area contributed by atoms with Crippen molar-refractivity contribution in [1.29, 1.82) is 0 Å². The molecular formula is C16H16ClN3O4S. The number of hydrogen-bond donors (Lipinski definition) is 2. The first kappa shape index (κ1) is 16.4. The van der Waals surface area contributed by atoms with Crippen LogP contribution in [0.5, 0.6) is 11.5 Å². The number of benzene rings is 1. The van der Waals surface area contributed by atoms with E-state index in [-0.39, 0.29) is 35.3 Å². The van der Waals surface area contributed by atoms with Gasteiger partial charge in [-0.25, -0.2) is 0 Å². The van der Waals surface area contributed by atoms with Gasteiger partial charge in [0.25, 0.3) is 5.56 Å². The lowest BCUT2D eigenvalue weighted by atomic mass is 10.1. The van der Waals surface area contributed by atoms with Crippen molar-refractivity contribution in [3.05, 3.63) is 38.6 Å². The molecule has 25 heavy (non-hydrogen) atoms. The fraction of sp³-hybridized carbons (Fsp3) is 0.375. The highest BCUT2D eigenvalue weighted by Crippen LogP contribution is 2.46. The van der Waals surface area contributed by atoms with E-state index in [1.54, 1.807) is 10.7 Å². The van der Waals surface area contributed by atoms with Gasteiger partial charge < -0.3 is 14.8 Å². The van der Waals surface area contributed by atoms with Crippen molar-refractivity contribution < 1.29 is 14.3 Å². The summed E-state index contributed by atoms with van der Waals surface area (Å²) < 4.78 is 12.5. The van der Waals surface area contributed by atoms with Gasteiger partial charge in [-0.15, -0.1) is 11.8 Å². The number of aromatic nitrogens is 2. The Kier molecular flexibility index (Phi) is 3.96. The van der Waals surface area contributed by atoms with E-state index >= 15 is 0 Å². The van der Waals surface area contributed by atoms with E-state index in [2.05, 4.69) is 10.4 Å². The number of anilines is 1. The van der Waals surface area contributed by atoms with E-state index in [1.807, 2.05) is 19.9 Å². The molecule has 132 valence electrons. The summed E-state index contributed by atoms with van der Waals surface area (Å²) in [5.74, 6) is 1.66. The van der Waals surface area contributed by atoms with Crippen LogP contribution >= 0.6 is 23.4 Å². The van der Waals surface area contributed by atoms with E-state index in [1.165, 1.54) is 11.8 Å². The highest BCUT2D eigenvalue weighted by atomic mass is 35.5. The summed E-state index contributed by atoms with van der Waals surface area (Å²) in [6.45, 7) is 3.99. The van der Waals surface area contributed by atoms with Crippen molar-refractivity contribution in [3.63, 3.8) is 0 Å². The van der Waals surface area contributed by atoms with Crippen LogP contribution in [0.15, 0.2) is 16.9 Å². The number of nitrogens with zero attached hydrogens (tertiary/aromatic N) is 1. The molecule has 2 aromatic rings. The maximum atomic E-state index is 12.6. The Labute approximate surface area is 152 Å². The molecule has 0 aliphatic carbocycles. The van der Waals surface area contributed by atoms with Crippen molar-refractivity contribution >= 4 is 35.1 Å². The van der Waals surface area contributed by atoms with Crippen LogP contribution in [-0.4, -0.2) is 28.2 Å². The topological polar surface area (TPSA) is 85.4 Å². The lowest BCUT2D eigenvalue weighted by Crippen LogP contribution is -2.17. The maximum Gasteiger partial charge on any atom is 0.270 e. The standard InChI is InChI=1S/C16H16ClN3O4S/c1-7(2)20-15-12(16(22)19-20)14(25-5-11(21)18-15)8-3-9(17)13-10(4-8)23-6-24-13/h3-4,7,14H,5-6H2,1-2H3,(H,18,21)(H,19,22). The van der Waals surface area contributed by atoms with Crippen molar-refractivity contribution in [1.82, 2.24) is 9.78 Å². The van der Waals surface area contributed by atoms with Crippen LogP contribution in [0.4, 0.5) is 5.82 Å². The Balaban J connectivity index is 1.89. The van der Waals surface area contributed by atoms with Gasteiger partial charge in [0, 0.05) is 6.04 Å². The van der Waals surface area contributed by atoms with Crippen LogP contribution < -0.4 is 20.3 Å². The third-order valence-corrected chi connectivity index (χ3v) is 5.68. The molecule has 0 saturated carbocycles. The number of amides is 1. The lowest BCUT2D eigenvalue weighted by molar-refractivity contribution is -0.113. The Morgan fingerprint density at radius 2 is 2.12 bits per heavy atom. The highest BCUT2D eigenvalue weighted by Gasteiger charge is 2.32. The molecule has 1 atom stereocenters. The van der Waals surface area contributed by atoms with Gasteiger partial charge in [-0.3, -0.25) is 19.4 Å². The second kappa shape index (κ2) is 6.03. The molecule has 1 unspecified atom stereocenters. The van der Waals surface area contributed by atoms with Crippen LogP contribution in [0, 0.1) is 0 Å². The zero-order chi connectivity index (χ0) is 17.7. The predicted octanol–water partition coefficient (Wildman–Crippen LogP) is 2.91. The Bertz CT molecular complexity index is 921. The minimum Gasteiger partial charge on any atom is -0.454 e. The molecule has 4 rings (SSSR count). The number of nitrogens with one attached hydrogen (secondary N) is 2. The fourth-order valence-corrected chi connectivity index (χ4v) is 4.41. The molecular weight excluding hydrogens is 366 g/mol. The van der Waals surface area contributed by atoms with E-state index in [0.717, 1.165) is 5.56 Å². The SMILES string of the molecule is CC(C)n1[nH]c(=O)c2c1NC(=O)CSC2c1cc(Cl)c2c(c1)OCO2. The first-order valence-corrected chi connectivity index (χ1v) is 9.23. The Hall–Kier alpha value is -2.06. The van der Waals surface area contributed by atoms with Crippen LogP contribution in [0.25, 0.3) is 0 Å². The minimum absolute atomic E-state index is 0.000780. The van der Waals surface area contributed by atoms with E-state index in [9.17, 15) is 9.59 Å². The molecule has 2 aliphatic rings. The first-order chi connectivity index (χ1) is 12.0. The van der Waals surface area contributed by atoms with Gasteiger partial charge in [0.05, 0.1) is 21.6 Å². The molecule has 1 amide bonds. The normalized spacial score (nSPS) is 18.9. The van der Waals surface area contributed by atoms with Gasteiger partial charge in [0.1, 0.15) is 5.82 Å². The zero-order valence-electron chi connectivity index (χ0n) is 13.6. The van der Waals surface area contributed by atoms with E-state index < -0.39 is 0 Å². The number of ether oxygens (including phenoxy) is 2. The third kappa shape index (κ3) is 2.69. The molecule has 1 aromatic heterocycles. The zero-order valence-corrected chi connectivity index (χ0v) is 15.2. The molecule has 1 aromatic carbocycles. The number of fused-ring (bicyclic) bond motifs is 2. The van der Waals surface area contributed by atoms with Gasteiger partial charge in [-0.05, 0) is 31.5 Å². The minimum atomic E-state index is -0.343. The number of halogens is 1. The maximum absolute atomic E-state index is 12.6. The summed E-state index contributed by atoms with van der Waals surface area (Å²) in [5.41, 5.74) is 1.08. The Morgan fingerprint density at radius 3 is 2.88 bits per heavy atom. The van der Waals surface area contributed by atoms with Crippen molar-refractivity contribution in [3.8, 4) is 11.5 Å². The van der Waals surface area contributed by atoms with Crippen LogP contribution in [0.1, 0.15) is 36.3 Å². The smallest absolute Gasteiger partial charge is 0.270 e. The molecule has 2 N–H and O–H groups in total. The first-order valence-electron chi connectivity index (χ1n) is 7.80. The summed E-state index contributed by atoms with van der Waals surface area (Å²) in [6, 6.07) is 3.58. The van der Waals surface area contributed by atoms with Crippen LogP contribution in [-0.2, 0) is 4.79 Å². The summed E-state index contributed by atoms with van der Waals surface area (Å²) in [6.07, 6.45) is 0. The average Bonchev–Trinajstić information content (AvgIpc) is 3.09. The molecule has 0 saturated heterocycles. The summed E-state index contributed by atoms with van der Waals surface area (Å²) in [5, 5.41) is 5.74. The predicted molar refractivity (Wildman–Crippen MR) is 95.9 cm³/mol. The van der Waals surface area contributed by atoms with Gasteiger partial charge in [0.15, 0.2) is 11.5 Å². The van der Waals surface area contributed by atoms with Crippen molar-refractivity contribution in [2.24, 2.45) is 0 Å². The molecule has 0 bridgehead atoms. The fourth-order valence-electron chi connectivity index (χ4n) is 3.03. The summed E-state index contributed by atoms with van der Waals surface area (Å²) in [7, 11) is 0. The number of carbonyl (C=O) groups excluding carboxylic acids is 1. The number of rotatable bonds is 2. The molecule has 2 aliphatic heterocycles. The van der Waals surface area contributed by atoms with Gasteiger partial charge in [0.2, 0.25) is 12.7 Å². The molecule has 9 heteroatoms. The van der Waals surface area contributed by atoms with Gasteiger partial charge in [-0.1, -0.05) is 11.6 Å². The van der Waals surface area contributed by atoms with Crippen LogP contribution in [0.3, 0.4) is 0 Å². The van der Waals surface area contributed by atoms with Gasteiger partial charge in [-0.2, -0.15) is 0 Å². The molecule has 7 nitrogen and oxygen atoms in total. The molecule has 3 heterocycles. The summed E-state index contributed by atoms with van der Waals surface area (Å²) in [4.78, 5) is 24.7. The van der Waals surface area contributed by atoms with Crippen molar-refractivity contribution in [2.45, 2.75) is 25.1 Å². The average molecular weight is 382 g/mol. The third-order valence-electron chi connectivity index (χ3n) is 4.13. The second-order valence-corrected chi connectivity index (χ2v) is 7.64. The monoisotopic (exact) mass is 381 g/mol. The van der Waals surface area contributed by atoms with E-state index in [0.29, 0.717) is 27.9 Å². The highest BCUT2D eigenvalue weighted by molar-refractivity contribution is 8.00. The number of aromatic amines is 1. The molecule has 0 fully saturated rings. The quantitative estimate of drug-likeness (QED) is 0.835. The largest absolute Gasteiger partial charge is 0.454 e.